The van der Waals surface area contributed by atoms with Crippen molar-refractivity contribution in [2.24, 2.45) is 5.92 Å². The van der Waals surface area contributed by atoms with Gasteiger partial charge in [-0.3, -0.25) is 4.79 Å². The topological polar surface area (TPSA) is 41.6 Å². The van der Waals surface area contributed by atoms with Crippen molar-refractivity contribution in [1.29, 1.82) is 0 Å². The second-order valence-electron chi connectivity index (χ2n) is 6.12. The van der Waals surface area contributed by atoms with Crippen LogP contribution in [0.3, 0.4) is 0 Å². The summed E-state index contributed by atoms with van der Waals surface area (Å²) < 4.78 is 5.28. The number of aryl methyl sites for hydroxylation is 1. The largest absolute Gasteiger partial charge is 0.495 e. The zero-order valence-electron chi connectivity index (χ0n) is 13.6. The molecule has 22 heavy (non-hydrogen) atoms. The Morgan fingerprint density at radius 3 is 2.73 bits per heavy atom. The maximum atomic E-state index is 12.2. The smallest absolute Gasteiger partial charge is 0.225 e. The molecule has 122 valence electrons. The quantitative estimate of drug-likeness (QED) is 0.897. The van der Waals surface area contributed by atoms with Crippen molar-refractivity contribution in [2.75, 3.05) is 32.1 Å². The summed E-state index contributed by atoms with van der Waals surface area (Å²) in [6, 6.07) is 3.58. The van der Waals surface area contributed by atoms with Crippen LogP contribution in [0.2, 0.25) is 5.02 Å². The molecule has 1 N–H and O–H groups in total. The van der Waals surface area contributed by atoms with Crippen LogP contribution >= 0.6 is 11.6 Å². The molecular weight excluding hydrogens is 300 g/mol. The van der Waals surface area contributed by atoms with E-state index in [0.29, 0.717) is 22.9 Å². The molecule has 5 heteroatoms. The Balaban J connectivity index is 1.88. The predicted octanol–water partition coefficient (Wildman–Crippen LogP) is 3.72. The third-order valence-corrected chi connectivity index (χ3v) is 4.69. The second-order valence-corrected chi connectivity index (χ2v) is 6.53. The van der Waals surface area contributed by atoms with Crippen LogP contribution in [0.4, 0.5) is 5.69 Å². The summed E-state index contributed by atoms with van der Waals surface area (Å²) in [7, 11) is 1.57. The number of piperidine rings is 1. The van der Waals surface area contributed by atoms with E-state index in [2.05, 4.69) is 17.1 Å². The molecule has 0 aliphatic carbocycles. The highest BCUT2D eigenvalue weighted by atomic mass is 35.5. The maximum Gasteiger partial charge on any atom is 0.225 e. The first kappa shape index (κ1) is 17.1. The van der Waals surface area contributed by atoms with Crippen molar-refractivity contribution in [1.82, 2.24) is 4.90 Å². The molecule has 1 aromatic carbocycles. The maximum absolute atomic E-state index is 12.2. The molecule has 1 aliphatic rings. The van der Waals surface area contributed by atoms with Gasteiger partial charge in [-0.2, -0.15) is 0 Å². The van der Waals surface area contributed by atoms with Crippen LogP contribution < -0.4 is 10.1 Å². The summed E-state index contributed by atoms with van der Waals surface area (Å²) in [6.45, 7) is 7.20. The molecule has 1 fully saturated rings. The number of anilines is 1. The van der Waals surface area contributed by atoms with Crippen LogP contribution in [0.1, 0.15) is 31.7 Å². The van der Waals surface area contributed by atoms with Gasteiger partial charge >= 0.3 is 0 Å². The normalized spacial score (nSPS) is 16.5. The number of nitrogens with one attached hydrogen (secondary N) is 1. The van der Waals surface area contributed by atoms with Crippen LogP contribution in [0.5, 0.6) is 5.75 Å². The number of hydrogen-bond acceptors (Lipinski definition) is 3. The van der Waals surface area contributed by atoms with Gasteiger partial charge in [-0.15, -0.1) is 0 Å². The standard InChI is InChI=1S/C17H25ClN2O2/c1-12-4-7-20(8-5-12)9-6-17(21)19-15-10-13(2)14(18)11-16(15)22-3/h10-12H,4-9H2,1-3H3,(H,19,21). The van der Waals surface area contributed by atoms with Gasteiger partial charge in [-0.1, -0.05) is 18.5 Å². The minimum atomic E-state index is 0.0126. The monoisotopic (exact) mass is 324 g/mol. The number of carbonyl (C=O) groups excluding carboxylic acids is 1. The average Bonchev–Trinajstić information content (AvgIpc) is 2.50. The van der Waals surface area contributed by atoms with Crippen LogP contribution in [-0.4, -0.2) is 37.6 Å². The molecular formula is C17H25ClN2O2. The van der Waals surface area contributed by atoms with Gasteiger partial charge in [0.05, 0.1) is 12.8 Å². The van der Waals surface area contributed by atoms with E-state index in [0.717, 1.165) is 31.1 Å². The molecule has 1 saturated heterocycles. The highest BCUT2D eigenvalue weighted by molar-refractivity contribution is 6.31. The second kappa shape index (κ2) is 7.84. The van der Waals surface area contributed by atoms with Gasteiger partial charge in [0.15, 0.2) is 0 Å². The van der Waals surface area contributed by atoms with Gasteiger partial charge in [-0.25, -0.2) is 0 Å². The lowest BCUT2D eigenvalue weighted by atomic mass is 9.99. The lowest BCUT2D eigenvalue weighted by molar-refractivity contribution is -0.116. The van der Waals surface area contributed by atoms with Gasteiger partial charge in [0.1, 0.15) is 5.75 Å². The molecule has 1 heterocycles. The summed E-state index contributed by atoms with van der Waals surface area (Å²) >= 11 is 6.08. The summed E-state index contributed by atoms with van der Waals surface area (Å²) in [5, 5.41) is 3.56. The Bertz CT molecular complexity index is 526. The molecule has 0 radical (unpaired) electrons. The van der Waals surface area contributed by atoms with Crippen LogP contribution in [0.25, 0.3) is 0 Å². The van der Waals surface area contributed by atoms with Gasteiger partial charge in [0.25, 0.3) is 0 Å². The Hall–Kier alpha value is -1.26. The van der Waals surface area contributed by atoms with E-state index < -0.39 is 0 Å². The SMILES string of the molecule is COc1cc(Cl)c(C)cc1NC(=O)CCN1CCC(C)CC1. The van der Waals surface area contributed by atoms with Crippen molar-refractivity contribution in [3.63, 3.8) is 0 Å². The number of nitrogens with zero attached hydrogens (tertiary/aromatic N) is 1. The number of likely N-dealkylation sites (tertiary alicyclic amines) is 1. The number of ether oxygens (including phenoxy) is 1. The van der Waals surface area contributed by atoms with Gasteiger partial charge in [0.2, 0.25) is 5.91 Å². The van der Waals surface area contributed by atoms with Crippen molar-refractivity contribution < 1.29 is 9.53 Å². The van der Waals surface area contributed by atoms with Gasteiger partial charge < -0.3 is 15.0 Å². The highest BCUT2D eigenvalue weighted by Crippen LogP contribution is 2.31. The number of methoxy groups -OCH3 is 1. The number of halogens is 1. The molecule has 4 nitrogen and oxygen atoms in total. The third-order valence-electron chi connectivity index (χ3n) is 4.29. The Labute approximate surface area is 137 Å². The average molecular weight is 325 g/mol. The first-order valence-corrected chi connectivity index (χ1v) is 8.23. The van der Waals surface area contributed by atoms with Crippen molar-refractivity contribution >= 4 is 23.2 Å². The fourth-order valence-electron chi connectivity index (χ4n) is 2.69. The highest BCUT2D eigenvalue weighted by Gasteiger charge is 2.17. The van der Waals surface area contributed by atoms with E-state index in [-0.39, 0.29) is 5.91 Å². The number of hydrogen-bond donors (Lipinski definition) is 1. The Morgan fingerprint density at radius 1 is 1.41 bits per heavy atom. The van der Waals surface area contributed by atoms with E-state index in [1.807, 2.05) is 13.0 Å². The minimum Gasteiger partial charge on any atom is -0.495 e. The third kappa shape index (κ3) is 4.62. The number of amides is 1. The lowest BCUT2D eigenvalue weighted by Crippen LogP contribution is -2.35. The Kier molecular flexibility index (Phi) is 6.09. The van der Waals surface area contributed by atoms with E-state index >= 15 is 0 Å². The van der Waals surface area contributed by atoms with Crippen LogP contribution in [0, 0.1) is 12.8 Å². The van der Waals surface area contributed by atoms with Crippen LogP contribution in [-0.2, 0) is 4.79 Å². The molecule has 1 aromatic rings. The number of rotatable bonds is 5. The van der Waals surface area contributed by atoms with Crippen molar-refractivity contribution in [3.05, 3.63) is 22.7 Å². The van der Waals surface area contributed by atoms with E-state index in [1.54, 1.807) is 13.2 Å². The van der Waals surface area contributed by atoms with E-state index in [4.69, 9.17) is 16.3 Å². The molecule has 0 spiro atoms. The summed E-state index contributed by atoms with van der Waals surface area (Å²) in [5.41, 5.74) is 1.60. The van der Waals surface area contributed by atoms with Crippen molar-refractivity contribution in [3.8, 4) is 5.75 Å². The van der Waals surface area contributed by atoms with Crippen molar-refractivity contribution in [2.45, 2.75) is 33.1 Å². The number of carbonyl (C=O) groups is 1. The lowest BCUT2D eigenvalue weighted by Gasteiger charge is -2.29. The first-order valence-electron chi connectivity index (χ1n) is 7.86. The summed E-state index contributed by atoms with van der Waals surface area (Å²) in [6.07, 6.45) is 2.96. The molecule has 1 aliphatic heterocycles. The molecule has 0 bridgehead atoms. The minimum absolute atomic E-state index is 0.0126. The molecule has 0 saturated carbocycles. The van der Waals surface area contributed by atoms with E-state index in [1.165, 1.54) is 12.8 Å². The number of benzene rings is 1. The van der Waals surface area contributed by atoms with Gasteiger partial charge in [0, 0.05) is 24.1 Å². The first-order chi connectivity index (χ1) is 10.5. The predicted molar refractivity (Wildman–Crippen MR) is 90.8 cm³/mol. The fourth-order valence-corrected chi connectivity index (χ4v) is 2.84. The zero-order valence-corrected chi connectivity index (χ0v) is 14.4. The molecule has 1 amide bonds. The molecule has 0 atom stereocenters. The molecule has 0 aromatic heterocycles. The zero-order chi connectivity index (χ0) is 16.1. The molecule has 0 unspecified atom stereocenters. The van der Waals surface area contributed by atoms with Crippen LogP contribution in [0.15, 0.2) is 12.1 Å². The van der Waals surface area contributed by atoms with Gasteiger partial charge in [-0.05, 0) is 50.4 Å². The Morgan fingerprint density at radius 2 is 2.09 bits per heavy atom. The summed E-state index contributed by atoms with van der Waals surface area (Å²) in [4.78, 5) is 14.5. The summed E-state index contributed by atoms with van der Waals surface area (Å²) in [5.74, 6) is 1.42. The fraction of sp³-hybridized carbons (Fsp3) is 0.588. The van der Waals surface area contributed by atoms with E-state index in [9.17, 15) is 4.79 Å². The molecule has 2 rings (SSSR count).